The van der Waals surface area contributed by atoms with Crippen molar-refractivity contribution in [3.8, 4) is 6.07 Å². The number of aliphatic hydroxyl groups excluding tert-OH is 1. The number of nitriles is 1. The Labute approximate surface area is 100 Å². The topological polar surface area (TPSA) is 61.8 Å². The number of hydrogen-bond acceptors (Lipinski definition) is 3. The van der Waals surface area contributed by atoms with Crippen LogP contribution in [-0.2, 0) is 6.54 Å². The van der Waals surface area contributed by atoms with Gasteiger partial charge in [-0.25, -0.2) is 4.98 Å². The number of aliphatic hydroxyl groups is 1. The number of hydrogen-bond donors (Lipinski definition) is 1. The van der Waals surface area contributed by atoms with Crippen LogP contribution in [-0.4, -0.2) is 14.7 Å². The molecular weight excluding hydrogens is 214 g/mol. The molecule has 1 aromatic heterocycles. The van der Waals surface area contributed by atoms with E-state index in [2.05, 4.69) is 11.1 Å². The summed E-state index contributed by atoms with van der Waals surface area (Å²) >= 11 is 0. The molecule has 0 spiro atoms. The lowest BCUT2D eigenvalue weighted by Gasteiger charge is -2.07. The Bertz CT molecular complexity index is 605. The number of aromatic nitrogens is 2. The van der Waals surface area contributed by atoms with E-state index >= 15 is 0 Å². The van der Waals surface area contributed by atoms with Gasteiger partial charge in [0.1, 0.15) is 18.5 Å². The predicted molar refractivity (Wildman–Crippen MR) is 65.5 cm³/mol. The third-order valence-corrected chi connectivity index (χ3v) is 3.00. The molecule has 4 heteroatoms. The second kappa shape index (κ2) is 4.19. The molecule has 88 valence electrons. The van der Waals surface area contributed by atoms with Crippen LogP contribution in [0.3, 0.4) is 0 Å². The molecule has 2 aromatic rings. The van der Waals surface area contributed by atoms with Gasteiger partial charge in [-0.1, -0.05) is 0 Å². The fourth-order valence-electron chi connectivity index (χ4n) is 1.95. The van der Waals surface area contributed by atoms with Crippen molar-refractivity contribution in [2.45, 2.75) is 33.4 Å². The lowest BCUT2D eigenvalue weighted by molar-refractivity contribution is 0.185. The van der Waals surface area contributed by atoms with E-state index in [-0.39, 0.29) is 6.54 Å². The fourth-order valence-corrected chi connectivity index (χ4v) is 1.95. The standard InChI is InChI=1S/C13H15N3O/c1-8-6-11-12(7-9(8)2)16(5-4-14)13(15-11)10(3)17/h6-7,10,17H,5H2,1-3H3. The lowest BCUT2D eigenvalue weighted by atomic mass is 10.1. The Morgan fingerprint density at radius 3 is 2.65 bits per heavy atom. The highest BCUT2D eigenvalue weighted by molar-refractivity contribution is 5.78. The number of aryl methyl sites for hydroxylation is 2. The van der Waals surface area contributed by atoms with Crippen molar-refractivity contribution >= 4 is 11.0 Å². The van der Waals surface area contributed by atoms with Crippen molar-refractivity contribution in [2.24, 2.45) is 0 Å². The largest absolute Gasteiger partial charge is 0.385 e. The molecule has 0 aliphatic rings. The monoisotopic (exact) mass is 229 g/mol. The van der Waals surface area contributed by atoms with E-state index in [4.69, 9.17) is 5.26 Å². The third kappa shape index (κ3) is 1.90. The minimum absolute atomic E-state index is 0.208. The Morgan fingerprint density at radius 1 is 1.41 bits per heavy atom. The van der Waals surface area contributed by atoms with E-state index in [1.807, 2.05) is 26.0 Å². The summed E-state index contributed by atoms with van der Waals surface area (Å²) in [5.41, 5.74) is 4.06. The van der Waals surface area contributed by atoms with Crippen LogP contribution in [0.25, 0.3) is 11.0 Å². The summed E-state index contributed by atoms with van der Waals surface area (Å²) in [4.78, 5) is 4.39. The molecule has 2 rings (SSSR count). The maximum atomic E-state index is 9.68. The van der Waals surface area contributed by atoms with Crippen LogP contribution in [0.2, 0.25) is 0 Å². The average Bonchev–Trinajstić information content (AvgIpc) is 2.59. The van der Waals surface area contributed by atoms with Gasteiger partial charge >= 0.3 is 0 Å². The predicted octanol–water partition coefficient (Wildman–Crippen LogP) is 2.23. The molecule has 1 aromatic carbocycles. The molecule has 0 aliphatic heterocycles. The van der Waals surface area contributed by atoms with Crippen LogP contribution < -0.4 is 0 Å². The van der Waals surface area contributed by atoms with E-state index in [9.17, 15) is 5.11 Å². The molecule has 1 unspecified atom stereocenters. The number of fused-ring (bicyclic) bond motifs is 1. The van der Waals surface area contributed by atoms with E-state index in [1.165, 1.54) is 0 Å². The summed E-state index contributed by atoms with van der Waals surface area (Å²) in [5, 5.41) is 18.5. The van der Waals surface area contributed by atoms with E-state index < -0.39 is 6.10 Å². The van der Waals surface area contributed by atoms with Crippen molar-refractivity contribution in [3.05, 3.63) is 29.1 Å². The van der Waals surface area contributed by atoms with Gasteiger partial charge in [-0.3, -0.25) is 0 Å². The lowest BCUT2D eigenvalue weighted by Crippen LogP contribution is -2.05. The van der Waals surface area contributed by atoms with Gasteiger partial charge in [0, 0.05) is 0 Å². The van der Waals surface area contributed by atoms with Crippen LogP contribution in [0.15, 0.2) is 12.1 Å². The van der Waals surface area contributed by atoms with Gasteiger partial charge in [0.15, 0.2) is 0 Å². The summed E-state index contributed by atoms with van der Waals surface area (Å²) in [6.07, 6.45) is -0.670. The maximum absolute atomic E-state index is 9.68. The van der Waals surface area contributed by atoms with Crippen LogP contribution >= 0.6 is 0 Å². The highest BCUT2D eigenvalue weighted by Gasteiger charge is 2.15. The number of benzene rings is 1. The minimum Gasteiger partial charge on any atom is -0.385 e. The molecule has 17 heavy (non-hydrogen) atoms. The zero-order chi connectivity index (χ0) is 12.6. The molecule has 0 radical (unpaired) electrons. The Kier molecular flexibility index (Phi) is 2.86. The molecule has 1 heterocycles. The van der Waals surface area contributed by atoms with E-state index in [0.29, 0.717) is 5.82 Å². The van der Waals surface area contributed by atoms with Crippen molar-refractivity contribution < 1.29 is 5.11 Å². The first-order valence-corrected chi connectivity index (χ1v) is 5.57. The number of rotatable bonds is 2. The molecule has 0 aliphatic carbocycles. The summed E-state index contributed by atoms with van der Waals surface area (Å²) in [6, 6.07) is 6.11. The number of nitrogens with zero attached hydrogens (tertiary/aromatic N) is 3. The van der Waals surface area contributed by atoms with Gasteiger partial charge in [-0.15, -0.1) is 0 Å². The fraction of sp³-hybridized carbons (Fsp3) is 0.385. The van der Waals surface area contributed by atoms with E-state index in [0.717, 1.165) is 22.2 Å². The van der Waals surface area contributed by atoms with Gasteiger partial charge in [-0.05, 0) is 44.0 Å². The normalized spacial score (nSPS) is 12.6. The first-order chi connectivity index (χ1) is 8.04. The smallest absolute Gasteiger partial charge is 0.139 e. The van der Waals surface area contributed by atoms with Gasteiger partial charge in [-0.2, -0.15) is 5.26 Å². The average molecular weight is 229 g/mol. The maximum Gasteiger partial charge on any atom is 0.139 e. The minimum atomic E-state index is -0.670. The first-order valence-electron chi connectivity index (χ1n) is 5.57. The molecule has 4 nitrogen and oxygen atoms in total. The van der Waals surface area contributed by atoms with E-state index in [1.54, 1.807) is 11.5 Å². The Morgan fingerprint density at radius 2 is 2.06 bits per heavy atom. The third-order valence-electron chi connectivity index (χ3n) is 3.00. The van der Waals surface area contributed by atoms with Crippen molar-refractivity contribution in [3.63, 3.8) is 0 Å². The summed E-state index contributed by atoms with van der Waals surface area (Å²) < 4.78 is 1.77. The molecule has 1 atom stereocenters. The second-order valence-corrected chi connectivity index (χ2v) is 4.32. The second-order valence-electron chi connectivity index (χ2n) is 4.32. The summed E-state index contributed by atoms with van der Waals surface area (Å²) in [5.74, 6) is 0.548. The van der Waals surface area contributed by atoms with Crippen LogP contribution in [0.1, 0.15) is 30.0 Å². The molecular formula is C13H15N3O. The summed E-state index contributed by atoms with van der Waals surface area (Å²) in [6.45, 7) is 5.93. The van der Waals surface area contributed by atoms with Crippen molar-refractivity contribution in [1.82, 2.24) is 9.55 Å². The molecule has 0 bridgehead atoms. The highest BCUT2D eigenvalue weighted by Crippen LogP contribution is 2.23. The Balaban J connectivity index is 2.76. The zero-order valence-electron chi connectivity index (χ0n) is 10.2. The molecule has 0 fully saturated rings. The van der Waals surface area contributed by atoms with Crippen LogP contribution in [0, 0.1) is 25.2 Å². The SMILES string of the molecule is Cc1cc2nc(C(C)O)n(CC#N)c2cc1C. The van der Waals surface area contributed by atoms with Gasteiger partial charge in [0.25, 0.3) is 0 Å². The molecule has 0 saturated heterocycles. The van der Waals surface area contributed by atoms with Gasteiger partial charge in [0.05, 0.1) is 17.1 Å². The van der Waals surface area contributed by atoms with Crippen molar-refractivity contribution in [2.75, 3.05) is 0 Å². The summed E-state index contributed by atoms with van der Waals surface area (Å²) in [7, 11) is 0. The van der Waals surface area contributed by atoms with Gasteiger partial charge in [0.2, 0.25) is 0 Å². The zero-order valence-corrected chi connectivity index (χ0v) is 10.2. The van der Waals surface area contributed by atoms with Crippen molar-refractivity contribution in [1.29, 1.82) is 5.26 Å². The first kappa shape index (κ1) is 11.6. The molecule has 1 N–H and O–H groups in total. The molecule has 0 amide bonds. The molecule has 0 saturated carbocycles. The quantitative estimate of drug-likeness (QED) is 0.859. The van der Waals surface area contributed by atoms with Gasteiger partial charge < -0.3 is 9.67 Å². The Hall–Kier alpha value is -1.86. The number of imidazole rings is 1. The van der Waals surface area contributed by atoms with Crippen LogP contribution in [0.5, 0.6) is 0 Å². The van der Waals surface area contributed by atoms with Crippen LogP contribution in [0.4, 0.5) is 0 Å². The highest BCUT2D eigenvalue weighted by atomic mass is 16.3.